The van der Waals surface area contributed by atoms with Gasteiger partial charge in [-0.25, -0.2) is 9.97 Å². The van der Waals surface area contributed by atoms with Gasteiger partial charge in [-0.15, -0.1) is 22.7 Å². The maximum atomic E-state index is 5.60. The van der Waals surface area contributed by atoms with Gasteiger partial charge in [0.05, 0.1) is 27.1 Å². The van der Waals surface area contributed by atoms with Crippen molar-refractivity contribution in [3.05, 3.63) is 34.5 Å². The van der Waals surface area contributed by atoms with Gasteiger partial charge in [0.25, 0.3) is 0 Å². The van der Waals surface area contributed by atoms with Gasteiger partial charge in [-0.1, -0.05) is 0 Å². The molecule has 0 aromatic carbocycles. The summed E-state index contributed by atoms with van der Waals surface area (Å²) in [6.45, 7) is 0. The number of nitrogens with zero attached hydrogens (tertiary/aromatic N) is 3. The number of thiazole rings is 2. The number of nitrogens with two attached hydrogens (primary N) is 1. The van der Waals surface area contributed by atoms with Crippen LogP contribution in [0.1, 0.15) is 17.1 Å². The molecule has 6 heteroatoms. The first-order valence-corrected chi connectivity index (χ1v) is 7.40. The van der Waals surface area contributed by atoms with Crippen molar-refractivity contribution in [2.24, 2.45) is 0 Å². The van der Waals surface area contributed by atoms with E-state index in [1.165, 1.54) is 21.0 Å². The lowest BCUT2D eigenvalue weighted by Gasteiger charge is -1.94. The van der Waals surface area contributed by atoms with E-state index in [1.807, 2.05) is 23.8 Å². The third-order valence-corrected chi connectivity index (χ3v) is 4.45. The average molecular weight is 276 g/mol. The molecule has 3 rings (SSSR count). The zero-order valence-electron chi connectivity index (χ0n) is 9.67. The maximum Gasteiger partial charge on any atom is 0.180 e. The standard InChI is InChI=1S/C12H12N4S2/c13-12-15-8(7-17-12)2-1-3-11-16-9-6-14-5-4-10(9)18-11/h4-7H,1-3H2,(H2,13,15). The highest BCUT2D eigenvalue weighted by atomic mass is 32.1. The zero-order chi connectivity index (χ0) is 12.4. The molecular formula is C12H12N4S2. The minimum absolute atomic E-state index is 0.649. The summed E-state index contributed by atoms with van der Waals surface area (Å²) >= 11 is 3.24. The van der Waals surface area contributed by atoms with Crippen LogP contribution in [0.5, 0.6) is 0 Å². The molecule has 0 saturated carbocycles. The number of rotatable bonds is 4. The van der Waals surface area contributed by atoms with Crippen LogP contribution in [0.25, 0.3) is 10.2 Å². The Bertz CT molecular complexity index is 626. The van der Waals surface area contributed by atoms with Crippen LogP contribution < -0.4 is 5.73 Å². The lowest BCUT2D eigenvalue weighted by atomic mass is 10.2. The van der Waals surface area contributed by atoms with Crippen molar-refractivity contribution in [1.82, 2.24) is 15.0 Å². The summed E-state index contributed by atoms with van der Waals surface area (Å²) < 4.78 is 1.21. The smallest absolute Gasteiger partial charge is 0.180 e. The number of nitrogen functional groups attached to an aromatic ring is 1. The first-order chi connectivity index (χ1) is 8.81. The van der Waals surface area contributed by atoms with Gasteiger partial charge < -0.3 is 5.73 Å². The number of hydrogen-bond donors (Lipinski definition) is 1. The van der Waals surface area contributed by atoms with E-state index in [4.69, 9.17) is 5.73 Å². The molecule has 18 heavy (non-hydrogen) atoms. The third kappa shape index (κ3) is 2.49. The van der Waals surface area contributed by atoms with Crippen molar-refractivity contribution in [3.63, 3.8) is 0 Å². The molecule has 0 saturated heterocycles. The van der Waals surface area contributed by atoms with Crippen LogP contribution in [-0.2, 0) is 12.8 Å². The maximum absolute atomic E-state index is 5.60. The van der Waals surface area contributed by atoms with Crippen molar-refractivity contribution in [1.29, 1.82) is 0 Å². The van der Waals surface area contributed by atoms with E-state index < -0.39 is 0 Å². The number of anilines is 1. The van der Waals surface area contributed by atoms with Crippen molar-refractivity contribution in [2.75, 3.05) is 5.73 Å². The van der Waals surface area contributed by atoms with Gasteiger partial charge in [-0.05, 0) is 25.3 Å². The average Bonchev–Trinajstić information content (AvgIpc) is 2.95. The predicted molar refractivity (Wildman–Crippen MR) is 76.0 cm³/mol. The second kappa shape index (κ2) is 4.99. The molecular weight excluding hydrogens is 264 g/mol. The van der Waals surface area contributed by atoms with Gasteiger partial charge in [-0.2, -0.15) is 0 Å². The van der Waals surface area contributed by atoms with E-state index in [0.717, 1.165) is 30.5 Å². The van der Waals surface area contributed by atoms with Gasteiger partial charge in [-0.3, -0.25) is 4.98 Å². The van der Waals surface area contributed by atoms with E-state index in [9.17, 15) is 0 Å². The fourth-order valence-electron chi connectivity index (χ4n) is 1.79. The minimum atomic E-state index is 0.649. The summed E-state index contributed by atoms with van der Waals surface area (Å²) in [5, 5.41) is 3.84. The van der Waals surface area contributed by atoms with Crippen LogP contribution in [-0.4, -0.2) is 15.0 Å². The Morgan fingerprint density at radius 1 is 1.22 bits per heavy atom. The van der Waals surface area contributed by atoms with Crippen molar-refractivity contribution in [2.45, 2.75) is 19.3 Å². The van der Waals surface area contributed by atoms with Crippen molar-refractivity contribution < 1.29 is 0 Å². The molecule has 0 aliphatic carbocycles. The normalized spacial score (nSPS) is 11.1. The van der Waals surface area contributed by atoms with E-state index in [-0.39, 0.29) is 0 Å². The molecule has 3 aromatic heterocycles. The van der Waals surface area contributed by atoms with Crippen LogP contribution in [0.4, 0.5) is 5.13 Å². The van der Waals surface area contributed by atoms with E-state index in [0.29, 0.717) is 5.13 Å². The van der Waals surface area contributed by atoms with Crippen molar-refractivity contribution in [3.8, 4) is 0 Å². The van der Waals surface area contributed by atoms with Crippen LogP contribution in [0, 0.1) is 0 Å². The largest absolute Gasteiger partial charge is 0.375 e. The molecule has 0 amide bonds. The lowest BCUT2D eigenvalue weighted by molar-refractivity contribution is 0.801. The summed E-state index contributed by atoms with van der Waals surface area (Å²) in [4.78, 5) is 12.9. The Kier molecular flexibility index (Phi) is 3.21. The number of fused-ring (bicyclic) bond motifs is 1. The van der Waals surface area contributed by atoms with E-state index >= 15 is 0 Å². The van der Waals surface area contributed by atoms with Crippen LogP contribution in [0.3, 0.4) is 0 Å². The first kappa shape index (κ1) is 11.6. The van der Waals surface area contributed by atoms with Crippen LogP contribution in [0.2, 0.25) is 0 Å². The molecule has 0 unspecified atom stereocenters. The SMILES string of the molecule is Nc1nc(CCCc2nc3cnccc3s2)cs1. The van der Waals surface area contributed by atoms with Gasteiger partial charge >= 0.3 is 0 Å². The van der Waals surface area contributed by atoms with E-state index in [1.54, 1.807) is 11.3 Å². The molecule has 0 radical (unpaired) electrons. The first-order valence-electron chi connectivity index (χ1n) is 5.70. The zero-order valence-corrected chi connectivity index (χ0v) is 11.3. The third-order valence-electron chi connectivity index (χ3n) is 2.63. The topological polar surface area (TPSA) is 64.7 Å². The molecule has 3 aromatic rings. The molecule has 0 fully saturated rings. The second-order valence-electron chi connectivity index (χ2n) is 3.98. The van der Waals surface area contributed by atoms with Crippen molar-refractivity contribution >= 4 is 38.0 Å². The summed E-state index contributed by atoms with van der Waals surface area (Å²) in [6.07, 6.45) is 6.62. The molecule has 2 N–H and O–H groups in total. The van der Waals surface area contributed by atoms with Crippen LogP contribution in [0.15, 0.2) is 23.8 Å². The molecule has 4 nitrogen and oxygen atoms in total. The Hall–Kier alpha value is -1.53. The van der Waals surface area contributed by atoms with Crippen LogP contribution >= 0.6 is 22.7 Å². The van der Waals surface area contributed by atoms with Gasteiger partial charge in [0, 0.05) is 11.6 Å². The fraction of sp³-hybridized carbons (Fsp3) is 0.250. The molecule has 0 bridgehead atoms. The Morgan fingerprint density at radius 2 is 2.17 bits per heavy atom. The number of pyridine rings is 1. The minimum Gasteiger partial charge on any atom is -0.375 e. The lowest BCUT2D eigenvalue weighted by Crippen LogP contribution is -1.90. The highest BCUT2D eigenvalue weighted by Crippen LogP contribution is 2.22. The van der Waals surface area contributed by atoms with Gasteiger partial charge in [0.1, 0.15) is 0 Å². The molecule has 0 aliphatic rings. The Labute approximate surface area is 113 Å². The predicted octanol–water partition coefficient (Wildman–Crippen LogP) is 2.91. The molecule has 3 heterocycles. The monoisotopic (exact) mass is 276 g/mol. The number of aryl methyl sites for hydroxylation is 2. The molecule has 0 spiro atoms. The number of hydrogen-bond acceptors (Lipinski definition) is 6. The quantitative estimate of drug-likeness (QED) is 0.795. The summed E-state index contributed by atoms with van der Waals surface area (Å²) in [7, 11) is 0. The molecule has 0 atom stereocenters. The molecule has 0 aliphatic heterocycles. The Balaban J connectivity index is 1.62. The van der Waals surface area contributed by atoms with Gasteiger partial charge in [0.2, 0.25) is 0 Å². The summed E-state index contributed by atoms with van der Waals surface area (Å²) in [5.74, 6) is 0. The summed E-state index contributed by atoms with van der Waals surface area (Å²) in [5.41, 5.74) is 7.68. The molecule has 92 valence electrons. The fourth-order valence-corrected chi connectivity index (χ4v) is 3.37. The Morgan fingerprint density at radius 3 is 2.94 bits per heavy atom. The highest BCUT2D eigenvalue weighted by Gasteiger charge is 2.04. The summed E-state index contributed by atoms with van der Waals surface area (Å²) in [6, 6.07) is 2.01. The van der Waals surface area contributed by atoms with E-state index in [2.05, 4.69) is 15.0 Å². The highest BCUT2D eigenvalue weighted by molar-refractivity contribution is 7.18. The number of aromatic nitrogens is 3. The second-order valence-corrected chi connectivity index (χ2v) is 5.99. The van der Waals surface area contributed by atoms with Gasteiger partial charge in [0.15, 0.2) is 5.13 Å².